The average Bonchev–Trinajstić information content (AvgIpc) is 3.07. The van der Waals surface area contributed by atoms with Crippen molar-refractivity contribution in [3.8, 4) is 0 Å². The first kappa shape index (κ1) is 38.9. The minimum Gasteiger partial charge on any atom is -0.435 e. The van der Waals surface area contributed by atoms with E-state index in [1.54, 1.807) is 0 Å². The smallest absolute Gasteiger partial charge is 0.361 e. The molecule has 4 aliphatic heterocycles. The first-order valence-electron chi connectivity index (χ1n) is 14.1. The first-order chi connectivity index (χ1) is 22.2. The first-order valence-corrected chi connectivity index (χ1v) is 14.1. The zero-order valence-corrected chi connectivity index (χ0v) is 24.3. The van der Waals surface area contributed by atoms with Crippen LogP contribution in [0.15, 0.2) is 0 Å². The molecule has 4 heterocycles. The Kier molecular flexibility index (Phi) is 10.6. The number of hydrogen-bond acceptors (Lipinski definition) is 24. The molecule has 4 aliphatic rings. The molecule has 4 saturated heterocycles. The lowest BCUT2D eigenvalue weighted by atomic mass is 9.71. The number of rotatable bonds is 8. The van der Waals surface area contributed by atoms with E-state index < -0.39 is 146 Å². The van der Waals surface area contributed by atoms with Crippen LogP contribution in [0.3, 0.4) is 0 Å². The van der Waals surface area contributed by atoms with Crippen LogP contribution >= 0.6 is 0 Å². The van der Waals surface area contributed by atoms with Crippen molar-refractivity contribution in [2.45, 2.75) is 108 Å². The van der Waals surface area contributed by atoms with Gasteiger partial charge in [0.2, 0.25) is 11.6 Å². The number of carbonyl (C=O) groups is 2. The van der Waals surface area contributed by atoms with Crippen LogP contribution in [0.2, 0.25) is 0 Å². The molecule has 0 spiro atoms. The van der Waals surface area contributed by atoms with Gasteiger partial charge in [-0.3, -0.25) is 0 Å². The predicted molar refractivity (Wildman–Crippen MR) is 136 cm³/mol. The van der Waals surface area contributed by atoms with Crippen molar-refractivity contribution in [2.75, 3.05) is 26.4 Å². The molecular weight excluding hydrogens is 672 g/mol. The molecule has 0 amide bonds. The number of aliphatic hydroxyl groups excluding tert-OH is 14. The van der Waals surface area contributed by atoms with Gasteiger partial charge >= 0.3 is 11.9 Å². The molecule has 0 aromatic carbocycles. The van der Waals surface area contributed by atoms with E-state index in [0.29, 0.717) is 0 Å². The van der Waals surface area contributed by atoms with Crippen LogP contribution < -0.4 is 0 Å². The van der Waals surface area contributed by atoms with Crippen molar-refractivity contribution >= 4 is 11.9 Å². The Bertz CT molecular complexity index is 1200. The summed E-state index contributed by atoms with van der Waals surface area (Å²) >= 11 is 0. The van der Waals surface area contributed by atoms with E-state index in [-0.39, 0.29) is 0 Å². The Morgan fingerprint density at radius 3 is 1.38 bits per heavy atom. The summed E-state index contributed by atoms with van der Waals surface area (Å²) in [4.78, 5) is 28.0. The third-order valence-corrected chi connectivity index (χ3v) is 9.19. The highest BCUT2D eigenvalue weighted by molar-refractivity contribution is 5.95. The second kappa shape index (κ2) is 13.0. The van der Waals surface area contributed by atoms with E-state index in [1.807, 2.05) is 0 Å². The monoisotopic (exact) mass is 710 g/mol. The van der Waals surface area contributed by atoms with Gasteiger partial charge in [-0.25, -0.2) is 9.59 Å². The van der Waals surface area contributed by atoms with Gasteiger partial charge in [0.05, 0.1) is 26.4 Å². The third-order valence-electron chi connectivity index (χ3n) is 9.19. The van der Waals surface area contributed by atoms with Crippen molar-refractivity contribution in [1.82, 2.24) is 0 Å². The molecule has 0 aromatic rings. The highest BCUT2D eigenvalue weighted by Gasteiger charge is 2.84. The van der Waals surface area contributed by atoms with E-state index in [4.69, 9.17) is 23.7 Å². The number of hydrogen-bond donors (Lipinski definition) is 17. The fourth-order valence-electron chi connectivity index (χ4n) is 6.20. The maximum atomic E-state index is 14.1. The van der Waals surface area contributed by atoms with E-state index in [9.17, 15) is 96.4 Å². The summed E-state index contributed by atoms with van der Waals surface area (Å²) in [5, 5.41) is 179. The molecule has 24 heteroatoms. The van der Waals surface area contributed by atoms with Crippen molar-refractivity contribution in [3.05, 3.63) is 0 Å². The summed E-state index contributed by atoms with van der Waals surface area (Å²) in [5.74, 6) is -17.3. The molecule has 0 saturated carbocycles. The molecule has 48 heavy (non-hydrogen) atoms. The highest BCUT2D eigenvalue weighted by Crippen LogP contribution is 2.51. The summed E-state index contributed by atoms with van der Waals surface area (Å²) in [7, 11) is 0. The van der Waals surface area contributed by atoms with Crippen LogP contribution in [0.1, 0.15) is 0 Å². The lowest BCUT2D eigenvalue weighted by molar-refractivity contribution is -0.454. The number of esters is 2. The summed E-state index contributed by atoms with van der Waals surface area (Å²) < 4.78 is 24.8. The quantitative estimate of drug-likeness (QED) is 0.104. The second-order valence-corrected chi connectivity index (χ2v) is 11.8. The molecule has 4 rings (SSSR count). The Morgan fingerprint density at radius 1 is 0.542 bits per heavy atom. The molecule has 3 unspecified atom stereocenters. The zero-order chi connectivity index (χ0) is 36.5. The van der Waals surface area contributed by atoms with Crippen LogP contribution in [-0.4, -0.2) is 233 Å². The Hall–Kier alpha value is -1.86. The van der Waals surface area contributed by atoms with Crippen molar-refractivity contribution in [3.63, 3.8) is 0 Å². The molecule has 0 aliphatic carbocycles. The van der Waals surface area contributed by atoms with Gasteiger partial charge < -0.3 is 110 Å². The van der Waals surface area contributed by atoms with Gasteiger partial charge in [0, 0.05) is 0 Å². The molecule has 0 aromatic heterocycles. The van der Waals surface area contributed by atoms with Gasteiger partial charge in [-0.15, -0.1) is 0 Å². The average molecular weight is 711 g/mol. The molecule has 0 bridgehead atoms. The molecule has 24 nitrogen and oxygen atoms in total. The number of aliphatic hydroxyl groups is 17. The fourth-order valence-corrected chi connectivity index (χ4v) is 6.20. The second-order valence-electron chi connectivity index (χ2n) is 11.8. The third kappa shape index (κ3) is 5.00. The summed E-state index contributed by atoms with van der Waals surface area (Å²) in [6, 6.07) is 0. The molecular formula is C24H38O24. The molecule has 0 radical (unpaired) electrons. The fraction of sp³-hybridized carbons (Fsp3) is 0.917. The molecule has 18 atom stereocenters. The number of ether oxygens (including phenoxy) is 5. The lowest BCUT2D eigenvalue weighted by Gasteiger charge is -2.60. The predicted octanol–water partition coefficient (Wildman–Crippen LogP) is -12.6. The van der Waals surface area contributed by atoms with E-state index in [0.717, 1.165) is 0 Å². The minimum atomic E-state index is -4.43. The van der Waals surface area contributed by atoms with Gasteiger partial charge in [0.1, 0.15) is 73.2 Å². The lowest BCUT2D eigenvalue weighted by Crippen LogP contribution is -2.88. The molecule has 4 fully saturated rings. The van der Waals surface area contributed by atoms with Crippen LogP contribution in [-0.2, 0) is 33.3 Å². The summed E-state index contributed by atoms with van der Waals surface area (Å²) in [6.07, 6.45) is -34.0. The Labute approximate surface area is 267 Å². The topological polar surface area (TPSA) is 424 Å². The van der Waals surface area contributed by atoms with E-state index in [1.165, 1.54) is 0 Å². The van der Waals surface area contributed by atoms with Crippen molar-refractivity contribution in [1.29, 1.82) is 0 Å². The van der Waals surface area contributed by atoms with Gasteiger partial charge in [-0.1, -0.05) is 0 Å². The van der Waals surface area contributed by atoms with E-state index >= 15 is 0 Å². The maximum Gasteiger partial charge on any atom is 0.361 e. The largest absolute Gasteiger partial charge is 0.435 e. The van der Waals surface area contributed by atoms with Crippen molar-refractivity contribution < 1.29 is 120 Å². The standard InChI is InChI=1S/C24H38O24/c25-1-5-8(29)11(32)14(35)22(41,44-5)17(38)21(24(43)16(37)13(34)10(31)7(3-27)46-24)19(40)47-20(4-28,18(39)48-21)23(42)15(36)12(33)9(30)6(2-26)45-23/h5-17,25-38,41-43H,1-4H2/t5-,6-,7-,8-,9-,10-,11+,12+,13+,14+,15+,16+,17?,20?,21?,22+,23+,24+/m1/s1. The van der Waals surface area contributed by atoms with Gasteiger partial charge in [-0.05, 0) is 0 Å². The van der Waals surface area contributed by atoms with Gasteiger partial charge in [-0.2, -0.15) is 0 Å². The normalized spacial score (nSPS) is 53.9. The summed E-state index contributed by atoms with van der Waals surface area (Å²) in [5.41, 5.74) is -8.30. The van der Waals surface area contributed by atoms with Gasteiger partial charge in [0.15, 0.2) is 6.10 Å². The van der Waals surface area contributed by atoms with Crippen LogP contribution in [0.25, 0.3) is 0 Å². The highest BCUT2D eigenvalue weighted by atomic mass is 16.8. The van der Waals surface area contributed by atoms with E-state index in [2.05, 4.69) is 0 Å². The Balaban J connectivity index is 1.96. The van der Waals surface area contributed by atoms with Crippen LogP contribution in [0.4, 0.5) is 0 Å². The van der Waals surface area contributed by atoms with Gasteiger partial charge in [0.25, 0.3) is 17.0 Å². The molecule has 17 N–H and O–H groups in total. The maximum absolute atomic E-state index is 14.1. The van der Waals surface area contributed by atoms with Crippen molar-refractivity contribution in [2.24, 2.45) is 0 Å². The van der Waals surface area contributed by atoms with Crippen LogP contribution in [0.5, 0.6) is 0 Å². The summed E-state index contributed by atoms with van der Waals surface area (Å²) in [6.45, 7) is -5.98. The SMILES string of the molecule is O=C1OC(C(O)[C@@]2(O)O[C@H](CO)[C@@H](O)[C@H](O)[C@@H]2O)([C@@]2(O)O[C@H](CO)[C@@H](O)[C@H](O)[C@@H]2O)C(=O)OC1(CO)[C@@]1(O)O[C@H](CO)[C@@H](O)[C@H](O)[C@@H]1O. The minimum absolute atomic E-state index is 1.27. The zero-order valence-electron chi connectivity index (χ0n) is 24.3. The van der Waals surface area contributed by atoms with Crippen LogP contribution in [0, 0.1) is 0 Å². The Morgan fingerprint density at radius 2 is 0.938 bits per heavy atom. The number of cyclic esters (lactones) is 2. The molecule has 278 valence electrons. The number of carbonyl (C=O) groups excluding carboxylic acids is 2.